The summed E-state index contributed by atoms with van der Waals surface area (Å²) in [5.41, 5.74) is 1.35. The second-order valence-corrected chi connectivity index (χ2v) is 5.26. The van der Waals surface area contributed by atoms with E-state index in [9.17, 15) is 0 Å². The molecular weight excluding hydrogens is 250 g/mol. The van der Waals surface area contributed by atoms with Crippen molar-refractivity contribution in [1.29, 1.82) is 0 Å². The van der Waals surface area contributed by atoms with Gasteiger partial charge in [-0.2, -0.15) is 0 Å². The van der Waals surface area contributed by atoms with E-state index in [0.717, 1.165) is 32.8 Å². The maximum absolute atomic E-state index is 5.01. The van der Waals surface area contributed by atoms with Crippen LogP contribution in [-0.4, -0.2) is 64.4 Å². The van der Waals surface area contributed by atoms with E-state index in [4.69, 9.17) is 4.74 Å². The van der Waals surface area contributed by atoms with E-state index >= 15 is 0 Å². The number of benzene rings is 1. The first-order valence-corrected chi connectivity index (χ1v) is 7.62. The molecule has 0 amide bonds. The third kappa shape index (κ3) is 5.12. The van der Waals surface area contributed by atoms with E-state index in [2.05, 4.69) is 45.4 Å². The van der Waals surface area contributed by atoms with Gasteiger partial charge < -0.3 is 15.0 Å². The summed E-state index contributed by atoms with van der Waals surface area (Å²) in [7, 11) is 1.74. The number of piperazine rings is 1. The zero-order valence-electron chi connectivity index (χ0n) is 12.6. The quantitative estimate of drug-likeness (QED) is 0.728. The Bertz CT molecular complexity index is 350. The van der Waals surface area contributed by atoms with E-state index in [0.29, 0.717) is 0 Å². The number of hydrogen-bond acceptors (Lipinski definition) is 4. The van der Waals surface area contributed by atoms with Crippen molar-refractivity contribution < 1.29 is 4.74 Å². The molecule has 0 aliphatic carbocycles. The van der Waals surface area contributed by atoms with Gasteiger partial charge in [-0.15, -0.1) is 0 Å². The van der Waals surface area contributed by atoms with Gasteiger partial charge in [0.15, 0.2) is 0 Å². The lowest BCUT2D eigenvalue weighted by molar-refractivity contribution is 0.198. The maximum Gasteiger partial charge on any atom is 0.0587 e. The Morgan fingerprint density at radius 2 is 1.80 bits per heavy atom. The van der Waals surface area contributed by atoms with Crippen molar-refractivity contribution in [3.05, 3.63) is 30.3 Å². The van der Waals surface area contributed by atoms with Crippen LogP contribution in [0.5, 0.6) is 0 Å². The first-order valence-electron chi connectivity index (χ1n) is 7.62. The molecule has 1 aromatic carbocycles. The number of para-hydroxylation sites is 1. The van der Waals surface area contributed by atoms with Crippen LogP contribution in [0.15, 0.2) is 30.3 Å². The van der Waals surface area contributed by atoms with Crippen LogP contribution in [0, 0.1) is 0 Å². The molecule has 4 nitrogen and oxygen atoms in total. The minimum atomic E-state index is 0.801. The highest BCUT2D eigenvalue weighted by Gasteiger charge is 2.16. The van der Waals surface area contributed by atoms with Gasteiger partial charge in [0, 0.05) is 45.5 Å². The molecule has 0 unspecified atom stereocenters. The SMILES string of the molecule is COCCNCCCN1CCN(c2ccccc2)CC1. The molecular formula is C16H27N3O. The molecule has 20 heavy (non-hydrogen) atoms. The minimum Gasteiger partial charge on any atom is -0.383 e. The van der Waals surface area contributed by atoms with E-state index in [-0.39, 0.29) is 0 Å². The molecule has 1 saturated heterocycles. The van der Waals surface area contributed by atoms with E-state index in [1.54, 1.807) is 7.11 Å². The van der Waals surface area contributed by atoms with Crippen LogP contribution < -0.4 is 10.2 Å². The highest BCUT2D eigenvalue weighted by atomic mass is 16.5. The molecule has 1 heterocycles. The van der Waals surface area contributed by atoms with Crippen LogP contribution in [0.3, 0.4) is 0 Å². The van der Waals surface area contributed by atoms with E-state index in [1.807, 2.05) is 0 Å². The van der Waals surface area contributed by atoms with E-state index < -0.39 is 0 Å². The monoisotopic (exact) mass is 277 g/mol. The standard InChI is InChI=1S/C16H27N3O/c1-20-15-9-17-8-5-10-18-11-13-19(14-12-18)16-6-3-2-4-7-16/h2-4,6-7,17H,5,8-15H2,1H3. The van der Waals surface area contributed by atoms with Crippen molar-refractivity contribution in [2.24, 2.45) is 0 Å². The molecule has 0 saturated carbocycles. The lowest BCUT2D eigenvalue weighted by Gasteiger charge is -2.36. The van der Waals surface area contributed by atoms with Crippen molar-refractivity contribution in [2.75, 3.05) is 64.4 Å². The van der Waals surface area contributed by atoms with Gasteiger partial charge in [0.25, 0.3) is 0 Å². The summed E-state index contributed by atoms with van der Waals surface area (Å²) in [5, 5.41) is 3.40. The smallest absolute Gasteiger partial charge is 0.0587 e. The summed E-state index contributed by atoms with van der Waals surface area (Å²) in [6.45, 7) is 8.67. The van der Waals surface area contributed by atoms with Crippen molar-refractivity contribution in [1.82, 2.24) is 10.2 Å². The predicted molar refractivity (Wildman–Crippen MR) is 84.5 cm³/mol. The van der Waals surface area contributed by atoms with Crippen LogP contribution in [-0.2, 0) is 4.74 Å². The van der Waals surface area contributed by atoms with Crippen molar-refractivity contribution >= 4 is 5.69 Å². The molecule has 1 aromatic rings. The van der Waals surface area contributed by atoms with Gasteiger partial charge in [-0.3, -0.25) is 4.90 Å². The number of anilines is 1. The Morgan fingerprint density at radius 3 is 2.50 bits per heavy atom. The zero-order valence-corrected chi connectivity index (χ0v) is 12.6. The second-order valence-electron chi connectivity index (χ2n) is 5.26. The molecule has 1 aliphatic heterocycles. The number of methoxy groups -OCH3 is 1. The average Bonchev–Trinajstić information content (AvgIpc) is 2.52. The first kappa shape index (κ1) is 15.3. The molecule has 1 aliphatic rings. The summed E-state index contributed by atoms with van der Waals surface area (Å²) < 4.78 is 5.01. The molecule has 0 aromatic heterocycles. The molecule has 0 radical (unpaired) electrons. The van der Waals surface area contributed by atoms with Crippen molar-refractivity contribution in [3.8, 4) is 0 Å². The fourth-order valence-corrected chi connectivity index (χ4v) is 2.60. The highest BCUT2D eigenvalue weighted by Crippen LogP contribution is 2.15. The van der Waals surface area contributed by atoms with Crippen LogP contribution in [0.4, 0.5) is 5.69 Å². The van der Waals surface area contributed by atoms with Crippen LogP contribution in [0.1, 0.15) is 6.42 Å². The Kier molecular flexibility index (Phi) is 6.84. The Hall–Kier alpha value is -1.10. The van der Waals surface area contributed by atoms with Gasteiger partial charge in [-0.1, -0.05) is 18.2 Å². The summed E-state index contributed by atoms with van der Waals surface area (Å²) in [6, 6.07) is 10.7. The number of rotatable bonds is 8. The van der Waals surface area contributed by atoms with Crippen LogP contribution in [0.25, 0.3) is 0 Å². The summed E-state index contributed by atoms with van der Waals surface area (Å²) in [4.78, 5) is 5.05. The van der Waals surface area contributed by atoms with Crippen LogP contribution >= 0.6 is 0 Å². The van der Waals surface area contributed by atoms with Gasteiger partial charge in [0.05, 0.1) is 6.61 Å². The topological polar surface area (TPSA) is 27.7 Å². The van der Waals surface area contributed by atoms with Gasteiger partial charge in [-0.05, 0) is 31.6 Å². The summed E-state index contributed by atoms with van der Waals surface area (Å²) in [5.74, 6) is 0. The van der Waals surface area contributed by atoms with Crippen molar-refractivity contribution in [2.45, 2.75) is 6.42 Å². The number of nitrogens with one attached hydrogen (secondary N) is 1. The molecule has 0 spiro atoms. The molecule has 2 rings (SSSR count). The van der Waals surface area contributed by atoms with Gasteiger partial charge >= 0.3 is 0 Å². The molecule has 112 valence electrons. The Labute approximate surface area is 122 Å². The van der Waals surface area contributed by atoms with Crippen molar-refractivity contribution in [3.63, 3.8) is 0 Å². The fourth-order valence-electron chi connectivity index (χ4n) is 2.60. The Balaban J connectivity index is 1.58. The number of ether oxygens (including phenoxy) is 1. The number of nitrogens with zero attached hydrogens (tertiary/aromatic N) is 2. The predicted octanol–water partition coefficient (Wildman–Crippen LogP) is 1.43. The van der Waals surface area contributed by atoms with Gasteiger partial charge in [0.1, 0.15) is 0 Å². The minimum absolute atomic E-state index is 0.801. The summed E-state index contributed by atoms with van der Waals surface area (Å²) >= 11 is 0. The highest BCUT2D eigenvalue weighted by molar-refractivity contribution is 5.46. The van der Waals surface area contributed by atoms with Gasteiger partial charge in [0.2, 0.25) is 0 Å². The number of hydrogen-bond donors (Lipinski definition) is 1. The maximum atomic E-state index is 5.01. The second kappa shape index (κ2) is 8.95. The molecule has 1 fully saturated rings. The molecule has 0 bridgehead atoms. The van der Waals surface area contributed by atoms with Gasteiger partial charge in [-0.25, -0.2) is 0 Å². The average molecular weight is 277 g/mol. The molecule has 1 N–H and O–H groups in total. The van der Waals surface area contributed by atoms with Crippen LogP contribution in [0.2, 0.25) is 0 Å². The first-order chi connectivity index (χ1) is 9.90. The zero-order chi connectivity index (χ0) is 14.0. The lowest BCUT2D eigenvalue weighted by Crippen LogP contribution is -2.47. The third-order valence-electron chi connectivity index (χ3n) is 3.80. The Morgan fingerprint density at radius 1 is 1.05 bits per heavy atom. The third-order valence-corrected chi connectivity index (χ3v) is 3.80. The lowest BCUT2D eigenvalue weighted by atomic mass is 10.2. The van der Waals surface area contributed by atoms with E-state index in [1.165, 1.54) is 31.7 Å². The fraction of sp³-hybridized carbons (Fsp3) is 0.625. The largest absolute Gasteiger partial charge is 0.383 e. The molecule has 0 atom stereocenters. The molecule has 4 heteroatoms. The summed E-state index contributed by atoms with van der Waals surface area (Å²) in [6.07, 6.45) is 1.22. The normalized spacial score (nSPS) is 16.6.